The average molecular weight is 635 g/mol. The van der Waals surface area contributed by atoms with Crippen molar-refractivity contribution in [3.8, 4) is 22.7 Å². The first kappa shape index (κ1) is 26.9. The number of piperazine rings is 1. The molecule has 0 unspecified atom stereocenters. The van der Waals surface area contributed by atoms with Crippen LogP contribution < -0.4 is 15.4 Å². The van der Waals surface area contributed by atoms with Crippen molar-refractivity contribution in [3.05, 3.63) is 75.8 Å². The second-order valence-corrected chi connectivity index (χ2v) is 12.3. The minimum atomic E-state index is -2.75. The lowest BCUT2D eigenvalue weighted by Gasteiger charge is -2.48. The third kappa shape index (κ3) is 4.89. The second-order valence-electron chi connectivity index (χ2n) is 11.9. The zero-order chi connectivity index (χ0) is 34.8. The van der Waals surface area contributed by atoms with Crippen molar-refractivity contribution >= 4 is 39.9 Å². The van der Waals surface area contributed by atoms with Crippen LogP contribution in [0.2, 0.25) is 5.02 Å². The zero-order valence-electron chi connectivity index (χ0n) is 28.4. The standard InChI is InChI=1S/C33H35ClFN7O3/c1-7-24(44)40-11-12-41-19(15-40)14-39(6)31-29(41)20-13-21(34)28(25-22(35)9-8-10-23(25)43)38-32(20)42(33(31)45)30-26(17(2)3)36-16-37-27(30)18(4)5/h7-10,13,16-19,43H,1,11-12,14-15H2,2-6H3/t19-/m0/s1/i6D3. The largest absolute Gasteiger partial charge is 0.507 e. The Labute approximate surface area is 269 Å². The molecule has 45 heavy (non-hydrogen) atoms. The molecule has 1 saturated heterocycles. The van der Waals surface area contributed by atoms with E-state index in [2.05, 4.69) is 16.5 Å². The Kier molecular flexibility index (Phi) is 6.83. The van der Waals surface area contributed by atoms with Crippen LogP contribution in [0.3, 0.4) is 0 Å². The number of fused-ring (bicyclic) bond motifs is 5. The Morgan fingerprint density at radius 1 is 1.13 bits per heavy atom. The summed E-state index contributed by atoms with van der Waals surface area (Å²) in [7, 11) is 0. The number of hydrogen-bond donors (Lipinski definition) is 1. The molecule has 0 spiro atoms. The van der Waals surface area contributed by atoms with E-state index in [4.69, 9.17) is 20.7 Å². The molecule has 0 aliphatic carbocycles. The fourth-order valence-corrected chi connectivity index (χ4v) is 6.58. The van der Waals surface area contributed by atoms with Gasteiger partial charge in [-0.1, -0.05) is 51.9 Å². The van der Waals surface area contributed by atoms with Gasteiger partial charge in [0.1, 0.15) is 23.6 Å². The number of aromatic nitrogens is 4. The van der Waals surface area contributed by atoms with Crippen LogP contribution in [0.5, 0.6) is 5.75 Å². The van der Waals surface area contributed by atoms with E-state index in [1.54, 1.807) is 4.90 Å². The van der Waals surface area contributed by atoms with E-state index in [0.717, 1.165) is 4.90 Å². The van der Waals surface area contributed by atoms with Crippen molar-refractivity contribution in [3.63, 3.8) is 0 Å². The van der Waals surface area contributed by atoms with Crippen molar-refractivity contribution < 1.29 is 18.4 Å². The van der Waals surface area contributed by atoms with Crippen LogP contribution in [0.4, 0.5) is 15.8 Å². The molecule has 12 heteroatoms. The first-order valence-corrected chi connectivity index (χ1v) is 15.1. The van der Waals surface area contributed by atoms with Gasteiger partial charge in [-0.2, -0.15) is 0 Å². The smallest absolute Gasteiger partial charge is 0.282 e. The van der Waals surface area contributed by atoms with E-state index in [9.17, 15) is 9.90 Å². The number of halogens is 2. The number of amides is 1. The number of anilines is 2. The number of carbonyl (C=O) groups is 1. The number of carbonyl (C=O) groups excluding carboxylic acids is 1. The highest BCUT2D eigenvalue weighted by Gasteiger charge is 2.39. The third-order valence-electron chi connectivity index (χ3n) is 8.40. The number of benzene rings is 1. The highest BCUT2D eigenvalue weighted by molar-refractivity contribution is 6.34. The van der Waals surface area contributed by atoms with Gasteiger partial charge in [0.15, 0.2) is 5.65 Å². The number of hydrogen-bond acceptors (Lipinski definition) is 8. The summed E-state index contributed by atoms with van der Waals surface area (Å²) in [6.07, 6.45) is 2.64. The van der Waals surface area contributed by atoms with Crippen molar-refractivity contribution in [1.29, 1.82) is 0 Å². The molecule has 1 amide bonds. The van der Waals surface area contributed by atoms with E-state index in [1.165, 1.54) is 41.2 Å². The Balaban J connectivity index is 1.80. The molecule has 10 nitrogen and oxygen atoms in total. The summed E-state index contributed by atoms with van der Waals surface area (Å²) in [5.74, 6) is -1.85. The molecule has 1 N–H and O–H groups in total. The van der Waals surface area contributed by atoms with Crippen LogP contribution in [0, 0.1) is 5.82 Å². The summed E-state index contributed by atoms with van der Waals surface area (Å²) in [4.78, 5) is 46.2. The first-order chi connectivity index (χ1) is 22.6. The van der Waals surface area contributed by atoms with Gasteiger partial charge in [0, 0.05) is 42.7 Å². The summed E-state index contributed by atoms with van der Waals surface area (Å²) in [6, 6.07) is 4.83. The molecule has 0 bridgehead atoms. The summed E-state index contributed by atoms with van der Waals surface area (Å²) in [5, 5.41) is 11.0. The number of aromatic hydroxyl groups is 1. The number of nitrogens with zero attached hydrogens (tertiary/aromatic N) is 7. The lowest BCUT2D eigenvalue weighted by molar-refractivity contribution is -0.126. The molecular weight excluding hydrogens is 597 g/mol. The lowest BCUT2D eigenvalue weighted by Crippen LogP contribution is -2.61. The van der Waals surface area contributed by atoms with Crippen LogP contribution >= 0.6 is 11.6 Å². The molecule has 5 heterocycles. The minimum Gasteiger partial charge on any atom is -0.507 e. The van der Waals surface area contributed by atoms with E-state index in [0.29, 0.717) is 29.0 Å². The van der Waals surface area contributed by atoms with Gasteiger partial charge in [-0.05, 0) is 36.1 Å². The summed E-state index contributed by atoms with van der Waals surface area (Å²) in [6.45, 7) is 9.18. The summed E-state index contributed by atoms with van der Waals surface area (Å²) >= 11 is 6.85. The van der Waals surface area contributed by atoms with Gasteiger partial charge in [-0.15, -0.1) is 0 Å². The third-order valence-corrected chi connectivity index (χ3v) is 8.69. The van der Waals surface area contributed by atoms with Gasteiger partial charge >= 0.3 is 0 Å². The fraction of sp³-hybridized carbons (Fsp3) is 0.364. The summed E-state index contributed by atoms with van der Waals surface area (Å²) < 4.78 is 42.2. The minimum absolute atomic E-state index is 0.0317. The molecule has 4 aromatic rings. The highest BCUT2D eigenvalue weighted by atomic mass is 35.5. The monoisotopic (exact) mass is 634 g/mol. The maximum absolute atomic E-state index is 15.3. The molecule has 0 saturated carbocycles. The molecule has 1 fully saturated rings. The van der Waals surface area contributed by atoms with Crippen molar-refractivity contribution in [2.45, 2.75) is 45.6 Å². The Bertz CT molecular complexity index is 1990. The lowest BCUT2D eigenvalue weighted by atomic mass is 9.99. The molecular formula is C33H35ClFN7O3. The van der Waals surface area contributed by atoms with Crippen LogP contribution in [-0.2, 0) is 4.79 Å². The SMILES string of the molecule is [2H]C([2H])([2H])N1C[C@H]2CN(C(=O)C=C)CCN2c2c1c(=O)n(-c1c(C(C)C)ncnc1C(C)C)c1nc(-c3c(O)cccc3F)c(Cl)cc21. The van der Waals surface area contributed by atoms with Crippen LogP contribution in [0.15, 0.2) is 48.0 Å². The molecule has 1 atom stereocenters. The Morgan fingerprint density at radius 3 is 2.47 bits per heavy atom. The molecule has 234 valence electrons. The Morgan fingerprint density at radius 2 is 1.84 bits per heavy atom. The van der Waals surface area contributed by atoms with Gasteiger partial charge in [-0.3, -0.25) is 14.2 Å². The first-order valence-electron chi connectivity index (χ1n) is 16.2. The fourth-order valence-electron chi connectivity index (χ4n) is 6.34. The maximum Gasteiger partial charge on any atom is 0.282 e. The topological polar surface area (TPSA) is 108 Å². The molecule has 6 rings (SSSR count). The van der Waals surface area contributed by atoms with Crippen LogP contribution in [-0.4, -0.2) is 74.6 Å². The predicted molar refractivity (Wildman–Crippen MR) is 174 cm³/mol. The summed E-state index contributed by atoms with van der Waals surface area (Å²) in [5.41, 5.74) is 0.591. The zero-order valence-corrected chi connectivity index (χ0v) is 26.1. The molecule has 2 aliphatic heterocycles. The van der Waals surface area contributed by atoms with Crippen molar-refractivity contribution in [2.75, 3.05) is 43.0 Å². The molecule has 0 radical (unpaired) electrons. The molecule has 2 aliphatic rings. The number of pyridine rings is 2. The van der Waals surface area contributed by atoms with Gasteiger partial charge in [0.05, 0.1) is 45.1 Å². The van der Waals surface area contributed by atoms with Gasteiger partial charge in [0.25, 0.3) is 5.56 Å². The van der Waals surface area contributed by atoms with E-state index >= 15 is 9.18 Å². The number of likely N-dealkylation sites (N-methyl/N-ethyl adjacent to an activating group) is 1. The number of phenols is 1. The predicted octanol–water partition coefficient (Wildman–Crippen LogP) is 5.24. The van der Waals surface area contributed by atoms with Gasteiger partial charge in [-0.25, -0.2) is 19.3 Å². The van der Waals surface area contributed by atoms with Crippen molar-refractivity contribution in [1.82, 2.24) is 24.4 Å². The normalized spacial score (nSPS) is 17.6. The number of rotatable bonds is 5. The molecule has 1 aromatic carbocycles. The van der Waals surface area contributed by atoms with Gasteiger partial charge in [0.2, 0.25) is 5.91 Å². The van der Waals surface area contributed by atoms with E-state index in [-0.39, 0.29) is 70.7 Å². The number of phenolic OH excluding ortho intramolecular Hbond substituents is 1. The van der Waals surface area contributed by atoms with Crippen molar-refractivity contribution in [2.24, 2.45) is 0 Å². The quantitative estimate of drug-likeness (QED) is 0.297. The van der Waals surface area contributed by atoms with Crippen LogP contribution in [0.25, 0.3) is 28.0 Å². The average Bonchev–Trinajstić information content (AvgIpc) is 3.03. The highest BCUT2D eigenvalue weighted by Crippen LogP contribution is 2.44. The van der Waals surface area contributed by atoms with E-state index in [1.807, 2.05) is 32.6 Å². The van der Waals surface area contributed by atoms with Gasteiger partial charge < -0.3 is 19.8 Å². The maximum atomic E-state index is 15.3. The Hall–Kier alpha value is -4.51. The van der Waals surface area contributed by atoms with Crippen LogP contribution in [0.1, 0.15) is 55.0 Å². The van der Waals surface area contributed by atoms with E-state index < -0.39 is 30.1 Å². The molecule has 3 aromatic heterocycles. The second kappa shape index (κ2) is 11.4.